The number of ether oxygens (including phenoxy) is 1. The molecule has 3 atom stereocenters. The van der Waals surface area contributed by atoms with Gasteiger partial charge in [-0.05, 0) is 31.8 Å². The molecule has 71 heavy (non-hydrogen) atoms. The molecule has 0 aliphatic heterocycles. The third kappa shape index (κ3) is 53.4. The Morgan fingerprint density at radius 1 is 0.479 bits per heavy atom. The second-order valence-corrected chi connectivity index (χ2v) is 24.1. The quantitative estimate of drug-likeness (QED) is 0.0205. The molecular weight excluding hydrogens is 904 g/mol. The van der Waals surface area contributed by atoms with Crippen LogP contribution in [-0.4, -0.2) is 74.3 Å². The molecule has 0 fully saturated rings. The first-order chi connectivity index (χ1) is 34.4. The lowest BCUT2D eigenvalue weighted by molar-refractivity contribution is -0.870. The van der Waals surface area contributed by atoms with Gasteiger partial charge in [0.05, 0.1) is 33.8 Å². The summed E-state index contributed by atoms with van der Waals surface area (Å²) in [7, 11) is 1.52. The van der Waals surface area contributed by atoms with Gasteiger partial charge in [0.15, 0.2) is 0 Å². The molecule has 0 rings (SSSR count). The molecule has 3 unspecified atom stereocenters. The second-order valence-electron chi connectivity index (χ2n) is 22.6. The minimum absolute atomic E-state index is 0.0458. The van der Waals surface area contributed by atoms with Gasteiger partial charge in [-0.2, -0.15) is 0 Å². The minimum atomic E-state index is -4.44. The zero-order valence-electron chi connectivity index (χ0n) is 48.2. The van der Waals surface area contributed by atoms with Crippen LogP contribution in [-0.2, 0) is 27.9 Å². The number of nitrogens with zero attached hydrogens (tertiary/aromatic N) is 1. The fraction of sp³-hybridized carbons (Fsp3) is 0.934. The largest absolute Gasteiger partial charge is 0.472 e. The standard InChI is InChI=1S/C61H121N2O7P/c1-7-10-13-16-19-22-25-28-30-31-33-35-38-41-44-47-50-53-60(64)62-58(57-69-71(66,67)68-56-55-63(4,5)6)59(52-49-46-43-40-37-34-27-24-21-18-15-12-9-3)70-61(65)54-51-48-45-42-39-36-32-29-26-23-20-17-14-11-8-2/h49,52,58-59H,7-48,50-51,53-57H2,1-6H3,(H-,62,64,66,67)/p+1/b52-49+. The lowest BCUT2D eigenvalue weighted by Gasteiger charge is -2.27. The van der Waals surface area contributed by atoms with E-state index in [0.29, 0.717) is 23.9 Å². The predicted molar refractivity (Wildman–Crippen MR) is 305 cm³/mol. The van der Waals surface area contributed by atoms with E-state index in [1.807, 2.05) is 33.3 Å². The van der Waals surface area contributed by atoms with Gasteiger partial charge in [0.25, 0.3) is 0 Å². The summed E-state index contributed by atoms with van der Waals surface area (Å²) in [6, 6.07) is -0.839. The van der Waals surface area contributed by atoms with E-state index in [4.69, 9.17) is 13.8 Å². The van der Waals surface area contributed by atoms with Crippen molar-refractivity contribution in [2.45, 2.75) is 328 Å². The van der Waals surface area contributed by atoms with Crippen LogP contribution in [0.4, 0.5) is 0 Å². The number of likely N-dealkylation sites (N-methyl/N-ethyl adjacent to an activating group) is 1. The van der Waals surface area contributed by atoms with Crippen LogP contribution in [0.1, 0.15) is 316 Å². The van der Waals surface area contributed by atoms with Crippen LogP contribution in [0.15, 0.2) is 12.2 Å². The lowest BCUT2D eigenvalue weighted by atomic mass is 10.0. The molecule has 0 aliphatic rings. The van der Waals surface area contributed by atoms with E-state index >= 15 is 0 Å². The third-order valence-corrected chi connectivity index (χ3v) is 15.2. The van der Waals surface area contributed by atoms with Crippen molar-refractivity contribution in [2.75, 3.05) is 40.9 Å². The average molecular weight is 1030 g/mol. The predicted octanol–water partition coefficient (Wildman–Crippen LogP) is 18.8. The van der Waals surface area contributed by atoms with E-state index in [-0.39, 0.29) is 25.1 Å². The number of hydrogen-bond acceptors (Lipinski definition) is 6. The number of rotatable bonds is 57. The highest BCUT2D eigenvalue weighted by atomic mass is 31.2. The number of nitrogens with one attached hydrogen (secondary N) is 1. The monoisotopic (exact) mass is 1030 g/mol. The molecule has 422 valence electrons. The van der Waals surface area contributed by atoms with E-state index in [0.717, 1.165) is 57.8 Å². The lowest BCUT2D eigenvalue weighted by Crippen LogP contribution is -2.47. The Hall–Kier alpha value is -1.25. The highest BCUT2D eigenvalue weighted by Crippen LogP contribution is 2.43. The molecule has 0 spiro atoms. The van der Waals surface area contributed by atoms with Gasteiger partial charge >= 0.3 is 13.8 Å². The van der Waals surface area contributed by atoms with Gasteiger partial charge in [-0.15, -0.1) is 0 Å². The smallest absolute Gasteiger partial charge is 0.456 e. The van der Waals surface area contributed by atoms with Crippen molar-refractivity contribution in [1.29, 1.82) is 0 Å². The highest BCUT2D eigenvalue weighted by Gasteiger charge is 2.30. The van der Waals surface area contributed by atoms with Gasteiger partial charge in [0, 0.05) is 12.8 Å². The van der Waals surface area contributed by atoms with Gasteiger partial charge < -0.3 is 19.4 Å². The van der Waals surface area contributed by atoms with Gasteiger partial charge in [-0.3, -0.25) is 18.6 Å². The van der Waals surface area contributed by atoms with Gasteiger partial charge in [-0.25, -0.2) is 4.57 Å². The van der Waals surface area contributed by atoms with Crippen molar-refractivity contribution in [1.82, 2.24) is 5.32 Å². The van der Waals surface area contributed by atoms with Crippen molar-refractivity contribution < 1.29 is 37.3 Å². The summed E-state index contributed by atoms with van der Waals surface area (Å²) in [6.07, 6.45) is 59.1. The normalized spacial score (nSPS) is 13.7. The molecule has 9 nitrogen and oxygen atoms in total. The Morgan fingerprint density at radius 2 is 0.803 bits per heavy atom. The Balaban J connectivity index is 5.26. The van der Waals surface area contributed by atoms with Crippen molar-refractivity contribution in [3.63, 3.8) is 0 Å². The van der Waals surface area contributed by atoms with Crippen molar-refractivity contribution >= 4 is 19.7 Å². The van der Waals surface area contributed by atoms with Crippen LogP contribution in [0.5, 0.6) is 0 Å². The molecule has 0 saturated carbocycles. The molecule has 0 aromatic heterocycles. The van der Waals surface area contributed by atoms with E-state index in [1.165, 1.54) is 225 Å². The molecule has 2 N–H and O–H groups in total. The fourth-order valence-corrected chi connectivity index (χ4v) is 10.1. The highest BCUT2D eigenvalue weighted by molar-refractivity contribution is 7.47. The summed E-state index contributed by atoms with van der Waals surface area (Å²) in [5, 5.41) is 3.07. The van der Waals surface area contributed by atoms with Gasteiger partial charge in [-0.1, -0.05) is 284 Å². The fourth-order valence-electron chi connectivity index (χ4n) is 9.41. The van der Waals surface area contributed by atoms with Crippen LogP contribution >= 0.6 is 7.82 Å². The minimum Gasteiger partial charge on any atom is -0.456 e. The van der Waals surface area contributed by atoms with Crippen LogP contribution in [0.3, 0.4) is 0 Å². The first-order valence-electron chi connectivity index (χ1n) is 31.0. The molecule has 0 aromatic carbocycles. The summed E-state index contributed by atoms with van der Waals surface area (Å²) < 4.78 is 30.7. The molecule has 0 bridgehead atoms. The maximum atomic E-state index is 13.5. The molecule has 0 heterocycles. The number of carbonyl (C=O) groups is 2. The second kappa shape index (κ2) is 52.2. The third-order valence-electron chi connectivity index (χ3n) is 14.2. The number of phosphoric ester groups is 1. The van der Waals surface area contributed by atoms with Crippen LogP contribution in [0.2, 0.25) is 0 Å². The first-order valence-corrected chi connectivity index (χ1v) is 32.5. The summed E-state index contributed by atoms with van der Waals surface area (Å²) in [6.45, 7) is 7.07. The summed E-state index contributed by atoms with van der Waals surface area (Å²) in [4.78, 5) is 37.7. The Bertz CT molecular complexity index is 1230. The van der Waals surface area contributed by atoms with Crippen molar-refractivity contribution in [3.05, 3.63) is 12.2 Å². The van der Waals surface area contributed by atoms with E-state index in [2.05, 4.69) is 26.1 Å². The maximum Gasteiger partial charge on any atom is 0.472 e. The number of carbonyl (C=O) groups excluding carboxylic acids is 2. The van der Waals surface area contributed by atoms with Crippen LogP contribution in [0.25, 0.3) is 0 Å². The van der Waals surface area contributed by atoms with Crippen molar-refractivity contribution in [2.24, 2.45) is 0 Å². The number of amides is 1. The number of hydrogen-bond donors (Lipinski definition) is 2. The Morgan fingerprint density at radius 3 is 1.15 bits per heavy atom. The van der Waals surface area contributed by atoms with Gasteiger partial charge in [0.1, 0.15) is 19.3 Å². The summed E-state index contributed by atoms with van der Waals surface area (Å²) >= 11 is 0. The molecular formula is C61H122N2O7P+. The molecule has 10 heteroatoms. The molecule has 0 saturated heterocycles. The molecule has 0 radical (unpaired) electrons. The number of phosphoric acid groups is 1. The van der Waals surface area contributed by atoms with Crippen LogP contribution in [0, 0.1) is 0 Å². The number of esters is 1. The number of quaternary nitrogens is 1. The van der Waals surface area contributed by atoms with Crippen LogP contribution < -0.4 is 5.32 Å². The Kier molecular flexibility index (Phi) is 51.3. The SMILES string of the molecule is CCCCCCCCCCCCC/C=C/C(OC(=O)CCCCCCCCCCCCCCCCC)C(COP(=O)(O)OCC[N+](C)(C)C)NC(=O)CCCCCCCCCCCCCCCCCCC. The molecule has 0 aliphatic carbocycles. The topological polar surface area (TPSA) is 111 Å². The molecule has 0 aromatic rings. The van der Waals surface area contributed by atoms with Gasteiger partial charge in [0.2, 0.25) is 5.91 Å². The summed E-state index contributed by atoms with van der Waals surface area (Å²) in [5.41, 5.74) is 0. The Labute approximate surface area is 441 Å². The zero-order chi connectivity index (χ0) is 52.2. The number of allylic oxidation sites excluding steroid dienone is 1. The van der Waals surface area contributed by atoms with E-state index in [9.17, 15) is 19.0 Å². The number of unbranched alkanes of at least 4 members (excludes halogenated alkanes) is 41. The zero-order valence-corrected chi connectivity index (χ0v) is 49.1. The summed E-state index contributed by atoms with van der Waals surface area (Å²) in [5.74, 6) is -0.483. The molecule has 1 amide bonds. The van der Waals surface area contributed by atoms with E-state index < -0.39 is 20.0 Å². The van der Waals surface area contributed by atoms with E-state index in [1.54, 1.807) is 0 Å². The van der Waals surface area contributed by atoms with Crippen molar-refractivity contribution in [3.8, 4) is 0 Å². The average Bonchev–Trinajstić information content (AvgIpc) is 3.33. The maximum absolute atomic E-state index is 13.5. The first kappa shape index (κ1) is 69.8.